The lowest BCUT2D eigenvalue weighted by molar-refractivity contribution is -0.117. The zero-order chi connectivity index (χ0) is 22.2. The predicted octanol–water partition coefficient (Wildman–Crippen LogP) is 4.65. The van der Waals surface area contributed by atoms with Gasteiger partial charge in [0.25, 0.3) is 5.92 Å². The molecule has 4 rings (SSSR count). The second kappa shape index (κ2) is 8.63. The molecule has 0 aliphatic carbocycles. The lowest BCUT2D eigenvalue weighted by Crippen LogP contribution is -2.40. The fourth-order valence-electron chi connectivity index (χ4n) is 3.76. The summed E-state index contributed by atoms with van der Waals surface area (Å²) < 4.78 is 32.5. The van der Waals surface area contributed by atoms with Gasteiger partial charge in [-0.3, -0.25) is 4.79 Å². The molecule has 0 spiro atoms. The van der Waals surface area contributed by atoms with E-state index < -0.39 is 5.92 Å². The predicted molar refractivity (Wildman–Crippen MR) is 117 cm³/mol. The van der Waals surface area contributed by atoms with Gasteiger partial charge in [-0.05, 0) is 18.6 Å². The third kappa shape index (κ3) is 4.77. The highest BCUT2D eigenvalue weighted by Crippen LogP contribution is 2.37. The molecule has 0 saturated carbocycles. The van der Waals surface area contributed by atoms with Crippen molar-refractivity contribution >= 4 is 44.8 Å². The van der Waals surface area contributed by atoms with Gasteiger partial charge in [0.15, 0.2) is 0 Å². The molecule has 31 heavy (non-hydrogen) atoms. The lowest BCUT2D eigenvalue weighted by Gasteiger charge is -2.34. The molecule has 0 atom stereocenters. The maximum atomic E-state index is 13.7. The SMILES string of the molecule is COc1ncc(CC(=O)Cc2cnc3sc(C)nc3c2N2CCC(F)(F)CC2)cc1Cl. The number of ketones is 1. The molecular weight excluding hydrogens is 446 g/mol. The van der Waals surface area contributed by atoms with Gasteiger partial charge in [-0.15, -0.1) is 0 Å². The molecule has 1 aliphatic heterocycles. The van der Waals surface area contributed by atoms with Gasteiger partial charge in [0.05, 0.1) is 17.8 Å². The van der Waals surface area contributed by atoms with Crippen LogP contribution in [-0.4, -0.2) is 46.9 Å². The van der Waals surface area contributed by atoms with Crippen LogP contribution in [0.4, 0.5) is 14.5 Å². The quantitative estimate of drug-likeness (QED) is 0.527. The number of halogens is 3. The van der Waals surface area contributed by atoms with E-state index in [9.17, 15) is 13.6 Å². The maximum Gasteiger partial charge on any atom is 0.251 e. The molecule has 0 amide bonds. The number of fused-ring (bicyclic) bond motifs is 1. The van der Waals surface area contributed by atoms with E-state index in [4.69, 9.17) is 16.3 Å². The highest BCUT2D eigenvalue weighted by molar-refractivity contribution is 7.18. The summed E-state index contributed by atoms with van der Waals surface area (Å²) in [5.41, 5.74) is 2.78. The van der Waals surface area contributed by atoms with Crippen LogP contribution in [0.15, 0.2) is 18.5 Å². The molecule has 1 aliphatic rings. The first-order chi connectivity index (χ1) is 14.8. The summed E-state index contributed by atoms with van der Waals surface area (Å²) in [4.78, 5) is 28.6. The zero-order valence-corrected chi connectivity index (χ0v) is 18.7. The second-order valence-electron chi connectivity index (χ2n) is 7.59. The van der Waals surface area contributed by atoms with Crippen LogP contribution < -0.4 is 9.64 Å². The van der Waals surface area contributed by atoms with Crippen molar-refractivity contribution in [1.82, 2.24) is 15.0 Å². The van der Waals surface area contributed by atoms with Crippen LogP contribution in [0.5, 0.6) is 5.88 Å². The molecule has 1 fully saturated rings. The Morgan fingerprint density at radius 2 is 2.00 bits per heavy atom. The number of Topliss-reactive ketones (excluding diaryl/α,β-unsaturated/α-hetero) is 1. The molecule has 164 valence electrons. The summed E-state index contributed by atoms with van der Waals surface area (Å²) in [5, 5.41) is 1.18. The summed E-state index contributed by atoms with van der Waals surface area (Å²) in [6, 6.07) is 1.66. The molecule has 6 nitrogen and oxygen atoms in total. The third-order valence-corrected chi connectivity index (χ3v) is 6.39. The monoisotopic (exact) mass is 466 g/mol. The van der Waals surface area contributed by atoms with Gasteiger partial charge in [0, 0.05) is 56.7 Å². The molecular formula is C21H21ClF2N4O2S. The van der Waals surface area contributed by atoms with Crippen LogP contribution in [-0.2, 0) is 17.6 Å². The smallest absolute Gasteiger partial charge is 0.251 e. The first kappa shape index (κ1) is 21.8. The number of pyridine rings is 2. The highest BCUT2D eigenvalue weighted by atomic mass is 35.5. The summed E-state index contributed by atoms with van der Waals surface area (Å²) in [6.45, 7) is 2.30. The molecule has 3 aromatic heterocycles. The van der Waals surface area contributed by atoms with Gasteiger partial charge < -0.3 is 9.64 Å². The lowest BCUT2D eigenvalue weighted by atomic mass is 10.0. The van der Waals surface area contributed by atoms with Crippen LogP contribution in [0, 0.1) is 6.92 Å². The van der Waals surface area contributed by atoms with Crippen molar-refractivity contribution in [3.8, 4) is 5.88 Å². The number of hydrogen-bond donors (Lipinski definition) is 0. The Bertz CT molecular complexity index is 1130. The molecule has 3 aromatic rings. The van der Waals surface area contributed by atoms with Crippen LogP contribution in [0.3, 0.4) is 0 Å². The molecule has 0 N–H and O–H groups in total. The maximum absolute atomic E-state index is 13.7. The Morgan fingerprint density at radius 3 is 2.68 bits per heavy atom. The van der Waals surface area contributed by atoms with Gasteiger partial charge in [-0.25, -0.2) is 23.7 Å². The number of methoxy groups -OCH3 is 1. The number of aromatic nitrogens is 3. The van der Waals surface area contributed by atoms with Crippen molar-refractivity contribution in [2.75, 3.05) is 25.1 Å². The molecule has 10 heteroatoms. The van der Waals surface area contributed by atoms with Crippen LogP contribution >= 0.6 is 22.9 Å². The summed E-state index contributed by atoms with van der Waals surface area (Å²) in [7, 11) is 1.47. The van der Waals surface area contributed by atoms with E-state index in [1.165, 1.54) is 18.4 Å². The molecule has 0 radical (unpaired) electrons. The molecule has 0 unspecified atom stereocenters. The third-order valence-electron chi connectivity index (χ3n) is 5.24. The Kier molecular flexibility index (Phi) is 6.07. The van der Waals surface area contributed by atoms with Crippen LogP contribution in [0.1, 0.15) is 29.0 Å². The minimum Gasteiger partial charge on any atom is -0.480 e. The average molecular weight is 467 g/mol. The van der Waals surface area contributed by atoms with E-state index in [1.54, 1.807) is 18.5 Å². The molecule has 1 saturated heterocycles. The van der Waals surface area contributed by atoms with Gasteiger partial charge in [-0.1, -0.05) is 22.9 Å². The number of ether oxygens (including phenoxy) is 1. The van der Waals surface area contributed by atoms with Crippen LogP contribution in [0.25, 0.3) is 10.3 Å². The zero-order valence-electron chi connectivity index (χ0n) is 17.1. The number of anilines is 1. The minimum atomic E-state index is -2.66. The van der Waals surface area contributed by atoms with E-state index in [0.29, 0.717) is 27.5 Å². The van der Waals surface area contributed by atoms with Gasteiger partial charge in [0.2, 0.25) is 5.88 Å². The molecule has 0 aromatic carbocycles. The van der Waals surface area contributed by atoms with Crippen molar-refractivity contribution < 1.29 is 18.3 Å². The summed E-state index contributed by atoms with van der Waals surface area (Å²) in [6.07, 6.45) is 3.04. The van der Waals surface area contributed by atoms with Crippen molar-refractivity contribution in [3.05, 3.63) is 39.6 Å². The molecule has 4 heterocycles. The van der Waals surface area contributed by atoms with E-state index in [-0.39, 0.29) is 44.6 Å². The van der Waals surface area contributed by atoms with Gasteiger partial charge in [-0.2, -0.15) is 0 Å². The number of rotatable bonds is 6. The van der Waals surface area contributed by atoms with Crippen LogP contribution in [0.2, 0.25) is 5.02 Å². The fourth-order valence-corrected chi connectivity index (χ4v) is 4.79. The number of piperidine rings is 1. The normalized spacial score (nSPS) is 16.0. The van der Waals surface area contributed by atoms with E-state index in [1.807, 2.05) is 11.8 Å². The number of alkyl halides is 2. The number of aryl methyl sites for hydroxylation is 1. The Hall–Kier alpha value is -2.39. The van der Waals surface area contributed by atoms with E-state index >= 15 is 0 Å². The standard InChI is InChI=1S/C21H21ClF2N4O2S/c1-12-27-17-18(28-5-3-21(23,24)4-6-28)14(11-26-20(17)31-12)9-15(29)7-13-8-16(22)19(30-2)25-10-13/h8,10-11H,3-7,9H2,1-2H3. The summed E-state index contributed by atoms with van der Waals surface area (Å²) >= 11 is 7.56. The average Bonchev–Trinajstić information content (AvgIpc) is 3.09. The fraction of sp³-hybridized carbons (Fsp3) is 0.429. The van der Waals surface area contributed by atoms with E-state index in [0.717, 1.165) is 15.5 Å². The van der Waals surface area contributed by atoms with Crippen molar-refractivity contribution in [1.29, 1.82) is 0 Å². The highest BCUT2D eigenvalue weighted by Gasteiger charge is 2.35. The minimum absolute atomic E-state index is 0.0558. The van der Waals surface area contributed by atoms with Crippen molar-refractivity contribution in [2.45, 2.75) is 38.5 Å². The van der Waals surface area contributed by atoms with Crippen molar-refractivity contribution in [3.63, 3.8) is 0 Å². The van der Waals surface area contributed by atoms with Gasteiger partial charge >= 0.3 is 0 Å². The van der Waals surface area contributed by atoms with Crippen molar-refractivity contribution in [2.24, 2.45) is 0 Å². The topological polar surface area (TPSA) is 68.2 Å². The number of nitrogens with zero attached hydrogens (tertiary/aromatic N) is 4. The Labute approximate surface area is 187 Å². The Balaban J connectivity index is 1.61. The Morgan fingerprint density at radius 1 is 1.26 bits per heavy atom. The number of carbonyl (C=O) groups is 1. The number of carbonyl (C=O) groups excluding carboxylic acids is 1. The number of thiazole rings is 1. The summed E-state index contributed by atoms with van der Waals surface area (Å²) in [5.74, 6) is -2.41. The molecule has 0 bridgehead atoms. The first-order valence-corrected chi connectivity index (χ1v) is 11.0. The number of hydrogen-bond acceptors (Lipinski definition) is 7. The first-order valence-electron chi connectivity index (χ1n) is 9.83. The van der Waals surface area contributed by atoms with Gasteiger partial charge in [0.1, 0.15) is 21.2 Å². The second-order valence-corrected chi connectivity index (χ2v) is 9.18. The van der Waals surface area contributed by atoms with E-state index in [2.05, 4.69) is 15.0 Å². The largest absolute Gasteiger partial charge is 0.480 e.